The monoisotopic (exact) mass is 372 g/mol. The van der Waals surface area contributed by atoms with Crippen molar-refractivity contribution in [1.82, 2.24) is 15.3 Å². The molecular weight excluding hydrogens is 344 g/mol. The lowest BCUT2D eigenvalue weighted by Crippen LogP contribution is -2.26. The van der Waals surface area contributed by atoms with Crippen molar-refractivity contribution in [2.45, 2.75) is 50.9 Å². The Kier molecular flexibility index (Phi) is 5.70. The molecule has 26 heavy (non-hydrogen) atoms. The average Bonchev–Trinajstić information content (AvgIpc) is 3.19. The van der Waals surface area contributed by atoms with E-state index in [1.807, 2.05) is 18.5 Å². The number of ether oxygens (including phenoxy) is 1. The van der Waals surface area contributed by atoms with Crippen LogP contribution in [0.25, 0.3) is 10.4 Å². The summed E-state index contributed by atoms with van der Waals surface area (Å²) >= 11 is 1.78. The van der Waals surface area contributed by atoms with Crippen molar-refractivity contribution in [3.8, 4) is 16.2 Å². The highest BCUT2D eigenvalue weighted by atomic mass is 32.1. The number of hydrogen-bond acceptors (Lipinski definition) is 6. The molecule has 3 heterocycles. The zero-order chi connectivity index (χ0) is 17.8. The molecule has 140 valence electrons. The number of hydrogen-bond donors (Lipinski definition) is 2. The molecule has 2 aromatic rings. The maximum Gasteiger partial charge on any atom is 0.166 e. The van der Waals surface area contributed by atoms with Gasteiger partial charge in [0.2, 0.25) is 0 Å². The molecule has 4 rings (SSSR count). The van der Waals surface area contributed by atoms with E-state index < -0.39 is 0 Å². The Balaban J connectivity index is 1.45. The lowest BCUT2D eigenvalue weighted by Gasteiger charge is -2.22. The van der Waals surface area contributed by atoms with Gasteiger partial charge in [0.25, 0.3) is 0 Å². The molecule has 0 radical (unpaired) electrons. The number of nitrogens with two attached hydrogens (primary N) is 1. The van der Waals surface area contributed by atoms with Crippen molar-refractivity contribution in [2.24, 2.45) is 5.92 Å². The molecule has 2 fully saturated rings. The third-order valence-electron chi connectivity index (χ3n) is 5.58. The minimum atomic E-state index is 0.479. The number of aromatic nitrogens is 2. The van der Waals surface area contributed by atoms with Crippen molar-refractivity contribution in [2.75, 3.05) is 25.4 Å². The summed E-state index contributed by atoms with van der Waals surface area (Å²) in [6.07, 6.45) is 12.7. The molecule has 0 spiro atoms. The smallest absolute Gasteiger partial charge is 0.166 e. The van der Waals surface area contributed by atoms with Gasteiger partial charge in [0.05, 0.1) is 16.5 Å². The highest BCUT2D eigenvalue weighted by Crippen LogP contribution is 2.35. The summed E-state index contributed by atoms with van der Waals surface area (Å²) in [5.41, 5.74) is 7.10. The summed E-state index contributed by atoms with van der Waals surface area (Å²) in [5, 5.41) is 4.65. The normalized spacial score (nSPS) is 19.5. The van der Waals surface area contributed by atoms with Crippen LogP contribution in [0.15, 0.2) is 18.5 Å². The summed E-state index contributed by atoms with van der Waals surface area (Å²) in [4.78, 5) is 10.2. The molecule has 0 atom stereocenters. The van der Waals surface area contributed by atoms with Crippen molar-refractivity contribution < 1.29 is 4.74 Å². The van der Waals surface area contributed by atoms with Gasteiger partial charge in [-0.1, -0.05) is 19.3 Å². The first-order chi connectivity index (χ1) is 12.8. The molecule has 1 saturated carbocycles. The molecule has 0 amide bonds. The van der Waals surface area contributed by atoms with E-state index in [0.717, 1.165) is 30.1 Å². The Bertz CT molecular complexity index is 720. The zero-order valence-corrected chi connectivity index (χ0v) is 16.1. The SMILES string of the molecule is Nc1ncc(-c2cnc(C3CCNCC3)s2)cc1OCC1CCCCC1. The van der Waals surface area contributed by atoms with Crippen molar-refractivity contribution in [3.05, 3.63) is 23.5 Å². The highest BCUT2D eigenvalue weighted by Gasteiger charge is 2.20. The molecule has 5 nitrogen and oxygen atoms in total. The Morgan fingerprint density at radius 3 is 2.69 bits per heavy atom. The summed E-state index contributed by atoms with van der Waals surface area (Å²) in [7, 11) is 0. The van der Waals surface area contributed by atoms with Crippen LogP contribution in [0.2, 0.25) is 0 Å². The van der Waals surface area contributed by atoms with Crippen LogP contribution in [0.4, 0.5) is 5.82 Å². The number of piperidine rings is 1. The number of rotatable bonds is 5. The number of pyridine rings is 1. The van der Waals surface area contributed by atoms with Crippen LogP contribution in [0.5, 0.6) is 5.75 Å². The van der Waals surface area contributed by atoms with E-state index in [0.29, 0.717) is 23.4 Å². The van der Waals surface area contributed by atoms with Gasteiger partial charge in [-0.2, -0.15) is 0 Å². The highest BCUT2D eigenvalue weighted by molar-refractivity contribution is 7.15. The van der Waals surface area contributed by atoms with Crippen molar-refractivity contribution in [1.29, 1.82) is 0 Å². The molecule has 2 aliphatic rings. The first-order valence-electron chi connectivity index (χ1n) is 9.85. The maximum absolute atomic E-state index is 6.05. The lowest BCUT2D eigenvalue weighted by atomic mass is 9.90. The molecule has 1 saturated heterocycles. The molecule has 3 N–H and O–H groups in total. The van der Waals surface area contributed by atoms with Gasteiger partial charge in [0.1, 0.15) is 0 Å². The minimum Gasteiger partial charge on any atom is -0.489 e. The fourth-order valence-electron chi connectivity index (χ4n) is 3.95. The van der Waals surface area contributed by atoms with Crippen LogP contribution in [0.1, 0.15) is 55.9 Å². The third-order valence-corrected chi connectivity index (χ3v) is 6.79. The number of anilines is 1. The molecule has 1 aliphatic heterocycles. The summed E-state index contributed by atoms with van der Waals surface area (Å²) < 4.78 is 6.05. The summed E-state index contributed by atoms with van der Waals surface area (Å²) in [6, 6.07) is 2.03. The van der Waals surface area contributed by atoms with Gasteiger partial charge in [-0.3, -0.25) is 0 Å². The van der Waals surface area contributed by atoms with E-state index in [2.05, 4.69) is 15.3 Å². The van der Waals surface area contributed by atoms with E-state index in [1.54, 1.807) is 11.3 Å². The second-order valence-corrected chi connectivity index (χ2v) is 8.57. The standard InChI is InChI=1S/C20H28N4OS/c21-19-17(25-13-14-4-2-1-3-5-14)10-16(11-23-19)18-12-24-20(26-18)15-6-8-22-9-7-15/h10-12,14-15,22H,1-9,13H2,(H2,21,23). The van der Waals surface area contributed by atoms with E-state index >= 15 is 0 Å². The molecule has 6 heteroatoms. The quantitative estimate of drug-likeness (QED) is 0.822. The topological polar surface area (TPSA) is 73.1 Å². The molecule has 0 unspecified atom stereocenters. The van der Waals surface area contributed by atoms with E-state index in [4.69, 9.17) is 10.5 Å². The van der Waals surface area contributed by atoms with Gasteiger partial charge in [-0.15, -0.1) is 11.3 Å². The Morgan fingerprint density at radius 2 is 1.88 bits per heavy atom. The number of thiazole rings is 1. The second-order valence-electron chi connectivity index (χ2n) is 7.51. The number of nitrogens with one attached hydrogen (secondary N) is 1. The van der Waals surface area contributed by atoms with Crippen LogP contribution in [-0.2, 0) is 0 Å². The van der Waals surface area contributed by atoms with Crippen LogP contribution >= 0.6 is 11.3 Å². The van der Waals surface area contributed by atoms with Gasteiger partial charge >= 0.3 is 0 Å². The van der Waals surface area contributed by atoms with E-state index in [-0.39, 0.29) is 0 Å². The van der Waals surface area contributed by atoms with Gasteiger partial charge < -0.3 is 15.8 Å². The van der Waals surface area contributed by atoms with Crippen LogP contribution in [0, 0.1) is 5.92 Å². The molecule has 1 aliphatic carbocycles. The molecular formula is C20H28N4OS. The van der Waals surface area contributed by atoms with Crippen LogP contribution in [0.3, 0.4) is 0 Å². The fourth-order valence-corrected chi connectivity index (χ4v) is 5.01. The fraction of sp³-hybridized carbons (Fsp3) is 0.600. The maximum atomic E-state index is 6.05. The molecule has 0 bridgehead atoms. The van der Waals surface area contributed by atoms with E-state index in [1.165, 1.54) is 50.0 Å². The summed E-state index contributed by atoms with van der Waals surface area (Å²) in [5.74, 6) is 2.43. The predicted molar refractivity (Wildman–Crippen MR) is 107 cm³/mol. The lowest BCUT2D eigenvalue weighted by molar-refractivity contribution is 0.209. The largest absolute Gasteiger partial charge is 0.489 e. The van der Waals surface area contributed by atoms with Crippen molar-refractivity contribution >= 4 is 17.2 Å². The van der Waals surface area contributed by atoms with Gasteiger partial charge in [-0.05, 0) is 50.8 Å². The Labute approximate surface area is 159 Å². The Morgan fingerprint density at radius 1 is 1.08 bits per heavy atom. The Hall–Kier alpha value is -1.66. The van der Waals surface area contributed by atoms with Crippen molar-refractivity contribution in [3.63, 3.8) is 0 Å². The number of nitrogens with zero attached hydrogens (tertiary/aromatic N) is 2. The molecule has 0 aromatic carbocycles. The third kappa shape index (κ3) is 4.18. The first-order valence-corrected chi connectivity index (χ1v) is 10.7. The molecule has 2 aromatic heterocycles. The van der Waals surface area contributed by atoms with Gasteiger partial charge in [0.15, 0.2) is 11.6 Å². The number of nitrogen functional groups attached to an aromatic ring is 1. The predicted octanol–water partition coefficient (Wildman–Crippen LogP) is 4.21. The van der Waals surface area contributed by atoms with E-state index in [9.17, 15) is 0 Å². The van der Waals surface area contributed by atoms with Gasteiger partial charge in [0, 0.05) is 23.9 Å². The zero-order valence-electron chi connectivity index (χ0n) is 15.2. The van der Waals surface area contributed by atoms with Gasteiger partial charge in [-0.25, -0.2) is 9.97 Å². The average molecular weight is 373 g/mol. The minimum absolute atomic E-state index is 0.479. The summed E-state index contributed by atoms with van der Waals surface area (Å²) in [6.45, 7) is 2.92. The van der Waals surface area contributed by atoms with Crippen LogP contribution < -0.4 is 15.8 Å². The second kappa shape index (κ2) is 8.35. The first kappa shape index (κ1) is 17.7. The van der Waals surface area contributed by atoms with Crippen LogP contribution in [-0.4, -0.2) is 29.7 Å².